The van der Waals surface area contributed by atoms with Crippen molar-refractivity contribution in [3.8, 4) is 0 Å². The molecule has 0 radical (unpaired) electrons. The Morgan fingerprint density at radius 1 is 0.886 bits per heavy atom. The molecule has 44 heavy (non-hydrogen) atoms. The Morgan fingerprint density at radius 3 is 2.50 bits per heavy atom. The van der Waals surface area contributed by atoms with Crippen LogP contribution in [-0.4, -0.2) is 72.8 Å². The quantitative estimate of drug-likeness (QED) is 0.220. The molecule has 1 fully saturated rings. The first-order valence-corrected chi connectivity index (χ1v) is 15.8. The molecule has 0 N–H and O–H groups in total. The van der Waals surface area contributed by atoms with Crippen LogP contribution in [0.5, 0.6) is 0 Å². The normalized spacial score (nSPS) is 15.4. The van der Waals surface area contributed by atoms with Gasteiger partial charge in [-0.1, -0.05) is 84.1 Å². The minimum Gasteiger partial charge on any atom is -0.338 e. The molecular formula is C35H32N6O2S. The van der Waals surface area contributed by atoms with Gasteiger partial charge in [0.2, 0.25) is 11.1 Å². The number of rotatable bonds is 6. The van der Waals surface area contributed by atoms with Gasteiger partial charge in [-0.15, -0.1) is 10.2 Å². The van der Waals surface area contributed by atoms with Crippen LogP contribution in [0.4, 0.5) is 0 Å². The van der Waals surface area contributed by atoms with Crippen molar-refractivity contribution in [1.29, 1.82) is 0 Å². The Hall–Kier alpha value is -4.76. The summed E-state index contributed by atoms with van der Waals surface area (Å²) in [6.45, 7) is 6.20. The number of aryl methyl sites for hydroxylation is 1. The van der Waals surface area contributed by atoms with Crippen LogP contribution in [-0.2, 0) is 11.3 Å². The number of carbonyl (C=O) groups is 2. The molecule has 4 aromatic carbocycles. The summed E-state index contributed by atoms with van der Waals surface area (Å²) in [4.78, 5) is 35.2. The van der Waals surface area contributed by atoms with Crippen LogP contribution < -0.4 is 0 Å². The summed E-state index contributed by atoms with van der Waals surface area (Å²) < 4.78 is 2.17. The predicted molar refractivity (Wildman–Crippen MR) is 175 cm³/mol. The third-order valence-electron chi connectivity index (χ3n) is 8.35. The summed E-state index contributed by atoms with van der Waals surface area (Å²) in [5, 5.41) is 12.6. The molecule has 3 heterocycles. The number of thioether (sulfide) groups is 1. The standard InChI is InChI=1S/C35H32N6O2S/c1-23-12-15-30-29(18-23)32-33(41(30)21-25-8-4-3-5-9-25)36-35(38-37-32)44-22-31(42)39-16-17-40(24(2)20-39)34(43)28-14-13-26-10-6-7-11-27(26)19-28/h3-15,18-19,24H,16-17,20-22H2,1-2H3. The molecule has 2 aromatic heterocycles. The molecule has 1 aliphatic rings. The lowest BCUT2D eigenvalue weighted by atomic mass is 10.0. The number of hydrogen-bond donors (Lipinski definition) is 0. The smallest absolute Gasteiger partial charge is 0.254 e. The monoisotopic (exact) mass is 600 g/mol. The Labute approximate surface area is 259 Å². The van der Waals surface area contributed by atoms with Crippen molar-refractivity contribution in [2.24, 2.45) is 0 Å². The van der Waals surface area contributed by atoms with E-state index in [4.69, 9.17) is 4.98 Å². The first-order chi connectivity index (χ1) is 21.4. The fourth-order valence-corrected chi connectivity index (χ4v) is 6.72. The van der Waals surface area contributed by atoms with E-state index in [2.05, 4.69) is 52.0 Å². The molecular weight excluding hydrogens is 568 g/mol. The van der Waals surface area contributed by atoms with Crippen molar-refractivity contribution in [2.45, 2.75) is 31.6 Å². The van der Waals surface area contributed by atoms with Crippen LogP contribution >= 0.6 is 11.8 Å². The molecule has 7 rings (SSSR count). The first kappa shape index (κ1) is 28.0. The number of fused-ring (bicyclic) bond motifs is 4. The maximum absolute atomic E-state index is 13.4. The minimum absolute atomic E-state index is 0.00131. The van der Waals surface area contributed by atoms with Gasteiger partial charge in [0.15, 0.2) is 5.65 Å². The van der Waals surface area contributed by atoms with Crippen LogP contribution in [0.2, 0.25) is 0 Å². The number of nitrogens with zero attached hydrogens (tertiary/aromatic N) is 6. The van der Waals surface area contributed by atoms with Crippen molar-refractivity contribution < 1.29 is 9.59 Å². The largest absolute Gasteiger partial charge is 0.338 e. The molecule has 2 amide bonds. The van der Waals surface area contributed by atoms with Gasteiger partial charge in [0, 0.05) is 43.2 Å². The van der Waals surface area contributed by atoms with Crippen molar-refractivity contribution >= 4 is 56.4 Å². The van der Waals surface area contributed by atoms with Crippen molar-refractivity contribution in [3.63, 3.8) is 0 Å². The molecule has 1 unspecified atom stereocenters. The second kappa shape index (κ2) is 11.7. The molecule has 9 heteroatoms. The van der Waals surface area contributed by atoms with Crippen LogP contribution in [0.15, 0.2) is 96.2 Å². The van der Waals surface area contributed by atoms with Gasteiger partial charge < -0.3 is 14.4 Å². The average molecular weight is 601 g/mol. The number of amides is 2. The lowest BCUT2D eigenvalue weighted by Crippen LogP contribution is -2.55. The fourth-order valence-electron chi connectivity index (χ4n) is 6.03. The van der Waals surface area contributed by atoms with Gasteiger partial charge in [0.1, 0.15) is 5.52 Å². The highest BCUT2D eigenvalue weighted by atomic mass is 32.2. The van der Waals surface area contributed by atoms with E-state index >= 15 is 0 Å². The van der Waals surface area contributed by atoms with E-state index in [-0.39, 0.29) is 23.6 Å². The lowest BCUT2D eigenvalue weighted by molar-refractivity contribution is -0.130. The molecule has 1 atom stereocenters. The van der Waals surface area contributed by atoms with Crippen LogP contribution in [0.3, 0.4) is 0 Å². The number of aromatic nitrogens is 4. The van der Waals surface area contributed by atoms with E-state index in [0.717, 1.165) is 38.4 Å². The third kappa shape index (κ3) is 5.39. The molecule has 1 aliphatic heterocycles. The molecule has 0 aliphatic carbocycles. The van der Waals surface area contributed by atoms with Crippen molar-refractivity contribution in [3.05, 3.63) is 108 Å². The Bertz CT molecular complexity index is 2020. The van der Waals surface area contributed by atoms with Crippen LogP contribution in [0, 0.1) is 6.92 Å². The first-order valence-electron chi connectivity index (χ1n) is 14.8. The summed E-state index contributed by atoms with van der Waals surface area (Å²) in [6.07, 6.45) is 0. The summed E-state index contributed by atoms with van der Waals surface area (Å²) >= 11 is 1.30. The average Bonchev–Trinajstić information content (AvgIpc) is 3.34. The van der Waals surface area contributed by atoms with E-state index in [0.29, 0.717) is 36.9 Å². The summed E-state index contributed by atoms with van der Waals surface area (Å²) in [5.41, 5.74) is 5.56. The zero-order chi connectivity index (χ0) is 30.2. The van der Waals surface area contributed by atoms with Gasteiger partial charge in [0.05, 0.1) is 11.3 Å². The molecule has 6 aromatic rings. The molecule has 220 valence electrons. The minimum atomic E-state index is -0.0944. The number of hydrogen-bond acceptors (Lipinski definition) is 6. The van der Waals surface area contributed by atoms with Gasteiger partial charge in [-0.05, 0) is 54.4 Å². The second-order valence-electron chi connectivity index (χ2n) is 11.4. The van der Waals surface area contributed by atoms with Crippen LogP contribution in [0.25, 0.3) is 32.8 Å². The summed E-state index contributed by atoms with van der Waals surface area (Å²) in [5.74, 6) is 0.207. The second-order valence-corrected chi connectivity index (χ2v) is 12.3. The van der Waals surface area contributed by atoms with Gasteiger partial charge >= 0.3 is 0 Å². The molecule has 0 spiro atoms. The highest BCUT2D eigenvalue weighted by Gasteiger charge is 2.30. The maximum Gasteiger partial charge on any atom is 0.254 e. The van der Waals surface area contributed by atoms with Gasteiger partial charge in [-0.3, -0.25) is 9.59 Å². The summed E-state index contributed by atoms with van der Waals surface area (Å²) in [6, 6.07) is 30.4. The van der Waals surface area contributed by atoms with Crippen molar-refractivity contribution in [1.82, 2.24) is 29.5 Å². The number of benzene rings is 4. The Kier molecular flexibility index (Phi) is 7.47. The maximum atomic E-state index is 13.4. The third-order valence-corrected chi connectivity index (χ3v) is 9.17. The van der Waals surface area contributed by atoms with Gasteiger partial charge in [-0.2, -0.15) is 0 Å². The highest BCUT2D eigenvalue weighted by molar-refractivity contribution is 7.99. The Morgan fingerprint density at radius 2 is 1.68 bits per heavy atom. The van der Waals surface area contributed by atoms with E-state index in [1.165, 1.54) is 17.3 Å². The number of carbonyl (C=O) groups excluding carboxylic acids is 2. The Balaban J connectivity index is 1.04. The summed E-state index contributed by atoms with van der Waals surface area (Å²) in [7, 11) is 0. The van der Waals surface area contributed by atoms with E-state index in [9.17, 15) is 9.59 Å². The van der Waals surface area contributed by atoms with Crippen LogP contribution in [0.1, 0.15) is 28.4 Å². The molecule has 8 nitrogen and oxygen atoms in total. The fraction of sp³-hybridized carbons (Fsp3) is 0.229. The molecule has 1 saturated heterocycles. The number of piperazine rings is 1. The van der Waals surface area contributed by atoms with E-state index < -0.39 is 0 Å². The SMILES string of the molecule is Cc1ccc2c(c1)c1nnc(SCC(=O)N3CCN(C(=O)c4ccc5ccccc5c4)C(C)C3)nc1n2Cc1ccccc1. The van der Waals surface area contributed by atoms with Gasteiger partial charge in [-0.25, -0.2) is 4.98 Å². The predicted octanol–water partition coefficient (Wildman–Crippen LogP) is 5.95. The topological polar surface area (TPSA) is 84.2 Å². The molecule has 0 bridgehead atoms. The molecule has 0 saturated carbocycles. The van der Waals surface area contributed by atoms with E-state index in [1.807, 2.05) is 77.4 Å². The van der Waals surface area contributed by atoms with E-state index in [1.54, 1.807) is 0 Å². The zero-order valence-corrected chi connectivity index (χ0v) is 25.5. The van der Waals surface area contributed by atoms with Gasteiger partial charge in [0.25, 0.3) is 5.91 Å². The lowest BCUT2D eigenvalue weighted by Gasteiger charge is -2.40. The zero-order valence-electron chi connectivity index (χ0n) is 24.7. The highest BCUT2D eigenvalue weighted by Crippen LogP contribution is 2.29. The van der Waals surface area contributed by atoms with Crippen molar-refractivity contribution in [2.75, 3.05) is 25.4 Å².